The quantitative estimate of drug-likeness (QED) is 0.0704. The normalized spacial score (nSPS) is 13.5. The zero-order valence-corrected chi connectivity index (χ0v) is 40.7. The Hall–Kier alpha value is -7.08. The molecule has 0 saturated heterocycles. The summed E-state index contributed by atoms with van der Waals surface area (Å²) in [6.45, 7) is 3.89. The van der Waals surface area contributed by atoms with E-state index in [0.717, 1.165) is 24.3 Å². The van der Waals surface area contributed by atoms with E-state index in [2.05, 4.69) is 25.5 Å². The molecule has 17 nitrogen and oxygen atoms in total. The molecule has 2 aromatic heterocycles. The highest BCUT2D eigenvalue weighted by Gasteiger charge is 2.35. The highest BCUT2D eigenvalue weighted by atomic mass is 35.5. The van der Waals surface area contributed by atoms with Gasteiger partial charge in [0, 0.05) is 37.0 Å². The van der Waals surface area contributed by atoms with Crippen molar-refractivity contribution < 1.29 is 60.5 Å². The summed E-state index contributed by atoms with van der Waals surface area (Å²) in [5.41, 5.74) is 7.18. The molecule has 2 aliphatic rings. The van der Waals surface area contributed by atoms with Gasteiger partial charge < -0.3 is 44.9 Å². The average molecular weight is 1070 g/mol. The number of nitrogen functional groups attached to an aromatic ring is 1. The van der Waals surface area contributed by atoms with Crippen molar-refractivity contribution in [3.05, 3.63) is 126 Å². The number of methoxy groups -OCH3 is 2. The van der Waals surface area contributed by atoms with Crippen LogP contribution < -0.4 is 15.2 Å². The molecule has 0 aliphatic carbocycles. The molecule has 0 fully saturated rings. The molecule has 4 N–H and O–H groups in total. The van der Waals surface area contributed by atoms with Crippen LogP contribution in [0.25, 0.3) is 11.4 Å². The third kappa shape index (κ3) is 11.6. The minimum absolute atomic E-state index is 0.0216. The van der Waals surface area contributed by atoms with Crippen molar-refractivity contribution in [3.63, 3.8) is 0 Å². The standard InChI is InChI=1S/C22H18Cl2F3N5O3.C14H12Cl2F3N5O.C8H8O3/c1-11-18(21-30-35-10-31(21)2)29-32(19-14(23)7-13(8-15(19)24)22(25,26)27)20(11)28-9-12-4-5-16(33)17(6-12)34-3;1-6-10(13-22-25-5-23(13)2)21-24(12(6)20)11-8(15)3-7(4-9(11)16)14(17,18)19;1-11-8-4-6(5-9)2-3-7(8)10/h4-9,33H,10H2,1-3H3;3-4H,5,20H2,1-2H3;2-5,10H,1H3. The molecule has 71 heavy (non-hydrogen) atoms. The minimum atomic E-state index is -4.63. The molecule has 0 radical (unpaired) electrons. The number of aromatic hydroxyl groups is 2. The maximum atomic E-state index is 13.2. The zero-order valence-electron chi connectivity index (χ0n) is 37.7. The van der Waals surface area contributed by atoms with Gasteiger partial charge in [-0.2, -0.15) is 36.5 Å². The number of carbonyl (C=O) groups is 1. The van der Waals surface area contributed by atoms with E-state index in [-0.39, 0.29) is 73.8 Å². The number of benzene rings is 4. The molecular weight excluding hydrogens is 1040 g/mol. The minimum Gasteiger partial charge on any atom is -0.504 e. The topological polar surface area (TPSA) is 200 Å². The number of halogens is 10. The second-order valence-corrected chi connectivity index (χ2v) is 16.7. The van der Waals surface area contributed by atoms with Crippen LogP contribution in [-0.2, 0) is 22.0 Å². The van der Waals surface area contributed by atoms with E-state index >= 15 is 0 Å². The van der Waals surface area contributed by atoms with Gasteiger partial charge in [-0.3, -0.25) is 4.79 Å². The number of hydrogen-bond acceptors (Lipinski definition) is 15. The Bertz CT molecular complexity index is 3040. The summed E-state index contributed by atoms with van der Waals surface area (Å²) in [6, 6.07) is 12.1. The predicted molar refractivity (Wildman–Crippen MR) is 254 cm³/mol. The van der Waals surface area contributed by atoms with Crippen LogP contribution in [0.1, 0.15) is 49.6 Å². The SMILES string of the molecule is COc1cc(C=Nc2c(C)c(C3=NOCN3C)nn2-c2c(Cl)cc(C(F)(F)F)cc2Cl)ccc1O.COc1cc(C=O)ccc1O.Cc1c(C2=NOCN2C)nn(-c2c(Cl)cc(C(F)(F)F)cc2Cl)c1N. The molecule has 4 aromatic carbocycles. The van der Waals surface area contributed by atoms with Crippen molar-refractivity contribution >= 4 is 82.2 Å². The van der Waals surface area contributed by atoms with E-state index in [9.17, 15) is 36.2 Å². The highest BCUT2D eigenvalue weighted by molar-refractivity contribution is 6.38. The van der Waals surface area contributed by atoms with Crippen molar-refractivity contribution in [1.82, 2.24) is 29.4 Å². The third-order valence-electron chi connectivity index (χ3n) is 10.2. The Morgan fingerprint density at radius 2 is 1.08 bits per heavy atom. The number of oxime groups is 2. The molecule has 0 unspecified atom stereocenters. The van der Waals surface area contributed by atoms with Crippen molar-refractivity contribution in [3.8, 4) is 34.4 Å². The molecule has 6 aromatic rings. The van der Waals surface area contributed by atoms with Gasteiger partial charge in [0.25, 0.3) is 0 Å². The number of anilines is 1. The first-order valence-electron chi connectivity index (χ1n) is 20.0. The van der Waals surface area contributed by atoms with E-state index in [1.54, 1.807) is 49.9 Å². The lowest BCUT2D eigenvalue weighted by molar-refractivity contribution is -0.138. The van der Waals surface area contributed by atoms with Crippen molar-refractivity contribution in [2.75, 3.05) is 47.5 Å². The summed E-state index contributed by atoms with van der Waals surface area (Å²) < 4.78 is 90.7. The fourth-order valence-corrected chi connectivity index (χ4v) is 7.80. The van der Waals surface area contributed by atoms with Crippen LogP contribution in [0.15, 0.2) is 76.0 Å². The number of alkyl halides is 6. The Morgan fingerprint density at radius 1 is 0.676 bits per heavy atom. The molecule has 376 valence electrons. The molecular formula is C44H38Cl4F6N10O7. The van der Waals surface area contributed by atoms with Gasteiger partial charge in [-0.15, -0.1) is 0 Å². The van der Waals surface area contributed by atoms with Gasteiger partial charge in [-0.25, -0.2) is 14.4 Å². The summed E-state index contributed by atoms with van der Waals surface area (Å²) in [7, 11) is 6.34. The first-order valence-corrected chi connectivity index (χ1v) is 21.5. The maximum absolute atomic E-state index is 13.2. The number of ether oxygens (including phenoxy) is 2. The predicted octanol–water partition coefficient (Wildman–Crippen LogP) is 10.4. The Balaban J connectivity index is 0.000000198. The number of hydrogen-bond donors (Lipinski definition) is 3. The first kappa shape index (κ1) is 53.3. The molecule has 27 heteroatoms. The number of phenols is 2. The number of rotatable bonds is 9. The van der Waals surface area contributed by atoms with Gasteiger partial charge in [0.05, 0.1) is 45.4 Å². The van der Waals surface area contributed by atoms with Crippen molar-refractivity contribution in [1.29, 1.82) is 0 Å². The van der Waals surface area contributed by atoms with Crippen LogP contribution in [-0.4, -0.2) is 106 Å². The molecule has 8 rings (SSSR count). The highest BCUT2D eigenvalue weighted by Crippen LogP contribution is 2.41. The van der Waals surface area contributed by atoms with Crippen LogP contribution in [0.5, 0.6) is 23.0 Å². The van der Waals surface area contributed by atoms with Crippen LogP contribution in [0, 0.1) is 13.8 Å². The van der Waals surface area contributed by atoms with E-state index in [4.69, 9.17) is 76.4 Å². The maximum Gasteiger partial charge on any atom is 0.416 e. The van der Waals surface area contributed by atoms with Crippen molar-refractivity contribution in [2.45, 2.75) is 26.2 Å². The number of nitrogens with zero attached hydrogens (tertiary/aromatic N) is 9. The second kappa shape index (κ2) is 21.5. The lowest BCUT2D eigenvalue weighted by Crippen LogP contribution is -2.24. The molecule has 0 amide bonds. The lowest BCUT2D eigenvalue weighted by Gasteiger charge is -2.13. The summed E-state index contributed by atoms with van der Waals surface area (Å²) in [4.78, 5) is 28.3. The Kier molecular flexibility index (Phi) is 16.1. The van der Waals surface area contributed by atoms with Gasteiger partial charge in [0.15, 0.2) is 53.9 Å². The summed E-state index contributed by atoms with van der Waals surface area (Å²) in [5.74, 6) is 1.84. The zero-order chi connectivity index (χ0) is 52.3. The number of carbonyl (C=O) groups excluding carboxylic acids is 1. The second-order valence-electron chi connectivity index (χ2n) is 15.0. The molecule has 0 atom stereocenters. The Morgan fingerprint density at radius 3 is 1.49 bits per heavy atom. The Labute approximate surface area is 419 Å². The first-order chi connectivity index (χ1) is 33.4. The molecule has 0 bridgehead atoms. The number of aromatic nitrogens is 4. The summed E-state index contributed by atoms with van der Waals surface area (Å²) >= 11 is 24.6. The third-order valence-corrected chi connectivity index (χ3v) is 11.4. The smallest absolute Gasteiger partial charge is 0.416 e. The van der Waals surface area contributed by atoms with E-state index in [1.165, 1.54) is 54.1 Å². The van der Waals surface area contributed by atoms with Crippen LogP contribution in [0.3, 0.4) is 0 Å². The van der Waals surface area contributed by atoms with Gasteiger partial charge >= 0.3 is 12.4 Å². The fourth-order valence-electron chi connectivity index (χ4n) is 6.50. The number of phenolic OH excluding ortho intramolecular Hbond substituents is 2. The monoisotopic (exact) mass is 1070 g/mol. The van der Waals surface area contributed by atoms with Gasteiger partial charge in [0.1, 0.15) is 34.9 Å². The van der Waals surface area contributed by atoms with E-state index < -0.39 is 23.5 Å². The fraction of sp³-hybridized carbons (Fsp3) is 0.227. The van der Waals surface area contributed by atoms with Crippen molar-refractivity contribution in [2.24, 2.45) is 15.3 Å². The number of amidine groups is 2. The lowest BCUT2D eigenvalue weighted by atomic mass is 10.2. The van der Waals surface area contributed by atoms with Gasteiger partial charge in [0.2, 0.25) is 0 Å². The molecule has 0 saturated carbocycles. The average Bonchev–Trinajstić information content (AvgIpc) is 4.08. The number of aldehydes is 1. The number of nitrogens with two attached hydrogens (primary N) is 1. The molecule has 0 spiro atoms. The number of aliphatic imine (C=N–C) groups is 1. The van der Waals surface area contributed by atoms with E-state index in [1.807, 2.05) is 0 Å². The summed E-state index contributed by atoms with van der Waals surface area (Å²) in [6.07, 6.45) is -7.02. The van der Waals surface area contributed by atoms with Gasteiger partial charge in [-0.1, -0.05) is 56.7 Å². The largest absolute Gasteiger partial charge is 0.504 e. The van der Waals surface area contributed by atoms with Crippen LogP contribution in [0.4, 0.5) is 38.0 Å². The van der Waals surface area contributed by atoms with Crippen LogP contribution >= 0.6 is 46.4 Å². The van der Waals surface area contributed by atoms with Crippen LogP contribution in [0.2, 0.25) is 20.1 Å². The van der Waals surface area contributed by atoms with Gasteiger partial charge in [-0.05, 0) is 80.1 Å². The van der Waals surface area contributed by atoms with E-state index in [0.29, 0.717) is 57.3 Å². The molecule has 2 aliphatic heterocycles. The molecule has 4 heterocycles. The summed E-state index contributed by atoms with van der Waals surface area (Å²) in [5, 5.41) is 34.7.